The molecule has 5 heteroatoms. The van der Waals surface area contributed by atoms with Crippen molar-refractivity contribution in [3.8, 4) is 5.75 Å². The van der Waals surface area contributed by atoms with E-state index >= 15 is 0 Å². The van der Waals surface area contributed by atoms with Gasteiger partial charge in [-0.25, -0.2) is 4.98 Å². The first-order chi connectivity index (χ1) is 9.19. The zero-order chi connectivity index (χ0) is 13.7. The number of methoxy groups -OCH3 is 1. The van der Waals surface area contributed by atoms with E-state index in [1.807, 2.05) is 24.3 Å². The van der Waals surface area contributed by atoms with Gasteiger partial charge in [0.2, 0.25) is 0 Å². The van der Waals surface area contributed by atoms with Crippen LogP contribution in [0.15, 0.2) is 36.5 Å². The van der Waals surface area contributed by atoms with E-state index in [4.69, 9.17) is 32.7 Å². The first-order valence-corrected chi connectivity index (χ1v) is 6.45. The van der Waals surface area contributed by atoms with E-state index in [1.54, 1.807) is 19.4 Å². The van der Waals surface area contributed by atoms with E-state index in [2.05, 4.69) is 4.98 Å². The number of hydrogen-bond acceptors (Lipinski definition) is 3. The Morgan fingerprint density at radius 3 is 2.74 bits per heavy atom. The summed E-state index contributed by atoms with van der Waals surface area (Å²) < 4.78 is 10.8. The highest BCUT2D eigenvalue weighted by molar-refractivity contribution is 6.34. The lowest BCUT2D eigenvalue weighted by molar-refractivity contribution is 0.184. The number of rotatable bonds is 5. The minimum atomic E-state index is 0.347. The van der Waals surface area contributed by atoms with Crippen molar-refractivity contribution in [2.24, 2.45) is 0 Å². The molecule has 1 aromatic heterocycles. The molecule has 0 N–H and O–H groups in total. The third-order valence-electron chi connectivity index (χ3n) is 2.50. The van der Waals surface area contributed by atoms with E-state index in [9.17, 15) is 0 Å². The summed E-state index contributed by atoms with van der Waals surface area (Å²) in [5, 5.41) is 0.920. The van der Waals surface area contributed by atoms with E-state index in [0.29, 0.717) is 23.4 Å². The number of benzene rings is 1. The molecule has 3 nitrogen and oxygen atoms in total. The molecule has 0 bridgehead atoms. The monoisotopic (exact) mass is 297 g/mol. The highest BCUT2D eigenvalue weighted by Gasteiger charge is 2.04. The highest BCUT2D eigenvalue weighted by Crippen LogP contribution is 2.21. The molecule has 19 heavy (non-hydrogen) atoms. The molecule has 0 saturated heterocycles. The Bertz CT molecular complexity index is 561. The van der Waals surface area contributed by atoms with Crippen LogP contribution in [-0.2, 0) is 18.0 Å². The molecule has 0 unspecified atom stereocenters. The second-order valence-corrected chi connectivity index (χ2v) is 4.76. The topological polar surface area (TPSA) is 31.4 Å². The zero-order valence-corrected chi connectivity index (χ0v) is 11.9. The number of halogens is 2. The third-order valence-corrected chi connectivity index (χ3v) is 3.06. The molecule has 1 aromatic carbocycles. The molecule has 0 spiro atoms. The molecule has 0 aliphatic carbocycles. The van der Waals surface area contributed by atoms with E-state index in [-0.39, 0.29) is 0 Å². The first kappa shape index (κ1) is 14.1. The molecule has 0 fully saturated rings. The van der Waals surface area contributed by atoms with Gasteiger partial charge in [0, 0.05) is 18.9 Å². The molecule has 0 aliphatic heterocycles. The molecule has 0 atom stereocenters. The lowest BCUT2D eigenvalue weighted by atomic mass is 10.2. The largest absolute Gasteiger partial charge is 0.489 e. The second kappa shape index (κ2) is 6.75. The predicted octanol–water partition coefficient (Wildman–Crippen LogP) is 4.11. The average molecular weight is 298 g/mol. The van der Waals surface area contributed by atoms with Gasteiger partial charge >= 0.3 is 0 Å². The molecule has 0 aliphatic rings. The van der Waals surface area contributed by atoms with Crippen LogP contribution < -0.4 is 4.74 Å². The minimum Gasteiger partial charge on any atom is -0.489 e. The summed E-state index contributed by atoms with van der Waals surface area (Å²) in [5.41, 5.74) is 1.85. The maximum atomic E-state index is 6.05. The minimum absolute atomic E-state index is 0.347. The molecule has 1 heterocycles. The van der Waals surface area contributed by atoms with Gasteiger partial charge in [0.05, 0.1) is 11.6 Å². The Morgan fingerprint density at radius 2 is 2.00 bits per heavy atom. The molecule has 0 amide bonds. The van der Waals surface area contributed by atoms with Gasteiger partial charge in [-0.15, -0.1) is 0 Å². The number of ether oxygens (including phenoxy) is 2. The van der Waals surface area contributed by atoms with Crippen molar-refractivity contribution in [2.75, 3.05) is 7.11 Å². The van der Waals surface area contributed by atoms with Crippen LogP contribution in [0, 0.1) is 0 Å². The maximum Gasteiger partial charge on any atom is 0.130 e. The fourth-order valence-corrected chi connectivity index (χ4v) is 2.02. The fraction of sp³-hybridized carbons (Fsp3) is 0.214. The van der Waals surface area contributed by atoms with Gasteiger partial charge in [-0.3, -0.25) is 0 Å². The molecule has 2 rings (SSSR count). The van der Waals surface area contributed by atoms with Gasteiger partial charge in [-0.1, -0.05) is 35.3 Å². The summed E-state index contributed by atoms with van der Waals surface area (Å²) in [7, 11) is 1.66. The van der Waals surface area contributed by atoms with E-state index < -0.39 is 0 Å². The average Bonchev–Trinajstić information content (AvgIpc) is 2.38. The lowest BCUT2D eigenvalue weighted by Crippen LogP contribution is -1.98. The van der Waals surface area contributed by atoms with Gasteiger partial charge < -0.3 is 9.47 Å². The quantitative estimate of drug-likeness (QED) is 0.778. The van der Waals surface area contributed by atoms with Crippen molar-refractivity contribution in [3.63, 3.8) is 0 Å². The Hall–Kier alpha value is -1.29. The summed E-state index contributed by atoms with van der Waals surface area (Å²) in [5.74, 6) is 0.764. The van der Waals surface area contributed by atoms with E-state index in [1.165, 1.54) is 0 Å². The standard InChI is InChI=1S/C14H13Cl2NO2/c1-18-8-10-3-2-4-12(5-10)19-9-11-7-17-14(16)6-13(11)15/h2-7H,8-9H2,1H3. The van der Waals surface area contributed by atoms with E-state index in [0.717, 1.165) is 16.9 Å². The fourth-order valence-electron chi connectivity index (χ4n) is 1.59. The summed E-state index contributed by atoms with van der Waals surface area (Å²) in [6, 6.07) is 9.32. The Kier molecular flexibility index (Phi) is 5.02. The highest BCUT2D eigenvalue weighted by atomic mass is 35.5. The predicted molar refractivity (Wildman–Crippen MR) is 75.7 cm³/mol. The number of aromatic nitrogens is 1. The van der Waals surface area contributed by atoms with Crippen molar-refractivity contribution in [3.05, 3.63) is 57.8 Å². The summed E-state index contributed by atoms with van der Waals surface area (Å²) in [6.07, 6.45) is 1.61. The summed E-state index contributed by atoms with van der Waals surface area (Å²) in [6.45, 7) is 0.903. The van der Waals surface area contributed by atoms with Crippen LogP contribution in [0.5, 0.6) is 5.75 Å². The lowest BCUT2D eigenvalue weighted by Gasteiger charge is -2.09. The normalized spacial score (nSPS) is 10.5. The first-order valence-electron chi connectivity index (χ1n) is 5.69. The number of nitrogens with zero attached hydrogens (tertiary/aromatic N) is 1. The summed E-state index contributed by atoms with van der Waals surface area (Å²) >= 11 is 11.8. The summed E-state index contributed by atoms with van der Waals surface area (Å²) in [4.78, 5) is 3.98. The van der Waals surface area contributed by atoms with Crippen LogP contribution in [-0.4, -0.2) is 12.1 Å². The van der Waals surface area contributed by atoms with Crippen molar-refractivity contribution in [1.29, 1.82) is 0 Å². The zero-order valence-electron chi connectivity index (χ0n) is 10.4. The molecule has 2 aromatic rings. The van der Waals surface area contributed by atoms with Crippen LogP contribution in [0.3, 0.4) is 0 Å². The molecular weight excluding hydrogens is 285 g/mol. The molecule has 100 valence electrons. The van der Waals surface area contributed by atoms with Crippen LogP contribution in [0.2, 0.25) is 10.2 Å². The van der Waals surface area contributed by atoms with Gasteiger partial charge in [0.1, 0.15) is 17.5 Å². The van der Waals surface area contributed by atoms with Gasteiger partial charge in [-0.2, -0.15) is 0 Å². The maximum absolute atomic E-state index is 6.05. The Labute approximate surface area is 122 Å². The van der Waals surface area contributed by atoms with Crippen molar-refractivity contribution in [1.82, 2.24) is 4.98 Å². The van der Waals surface area contributed by atoms with Crippen molar-refractivity contribution < 1.29 is 9.47 Å². The number of hydrogen-bond donors (Lipinski definition) is 0. The Morgan fingerprint density at radius 1 is 1.16 bits per heavy atom. The smallest absolute Gasteiger partial charge is 0.130 e. The Balaban J connectivity index is 2.03. The van der Waals surface area contributed by atoms with Crippen LogP contribution in [0.1, 0.15) is 11.1 Å². The van der Waals surface area contributed by atoms with Crippen LogP contribution >= 0.6 is 23.2 Å². The van der Waals surface area contributed by atoms with Gasteiger partial charge in [0.15, 0.2) is 0 Å². The molecule has 0 saturated carbocycles. The van der Waals surface area contributed by atoms with Gasteiger partial charge in [-0.05, 0) is 23.8 Å². The van der Waals surface area contributed by atoms with Gasteiger partial charge in [0.25, 0.3) is 0 Å². The number of pyridine rings is 1. The second-order valence-electron chi connectivity index (χ2n) is 3.97. The third kappa shape index (κ3) is 4.10. The van der Waals surface area contributed by atoms with Crippen molar-refractivity contribution >= 4 is 23.2 Å². The molecule has 0 radical (unpaired) electrons. The SMILES string of the molecule is COCc1cccc(OCc2cnc(Cl)cc2Cl)c1. The van der Waals surface area contributed by atoms with Crippen molar-refractivity contribution in [2.45, 2.75) is 13.2 Å². The van der Waals surface area contributed by atoms with Crippen LogP contribution in [0.4, 0.5) is 0 Å². The molecular formula is C14H13Cl2NO2. The van der Waals surface area contributed by atoms with Crippen LogP contribution in [0.25, 0.3) is 0 Å².